The van der Waals surface area contributed by atoms with Gasteiger partial charge in [-0.25, -0.2) is 4.79 Å². The monoisotopic (exact) mass is 184 g/mol. The van der Waals surface area contributed by atoms with Crippen molar-refractivity contribution in [1.82, 2.24) is 0 Å². The molecule has 1 aliphatic rings. The van der Waals surface area contributed by atoms with E-state index < -0.39 is 5.97 Å². The molecule has 3 heteroatoms. The Labute approximate surface area is 78.4 Å². The van der Waals surface area contributed by atoms with Crippen molar-refractivity contribution in [3.05, 3.63) is 12.2 Å². The van der Waals surface area contributed by atoms with Crippen LogP contribution in [-0.4, -0.2) is 24.3 Å². The number of carbonyl (C=O) groups is 1. The van der Waals surface area contributed by atoms with Gasteiger partial charge in [-0.05, 0) is 12.3 Å². The number of carboxylic acid groups (broad SMARTS) is 1. The summed E-state index contributed by atoms with van der Waals surface area (Å²) in [5.41, 5.74) is 0.304. The first-order valence-corrected chi connectivity index (χ1v) is 4.51. The van der Waals surface area contributed by atoms with Crippen molar-refractivity contribution in [1.29, 1.82) is 0 Å². The molecular weight excluding hydrogens is 168 g/mol. The minimum atomic E-state index is -0.889. The zero-order valence-corrected chi connectivity index (χ0v) is 8.17. The standard InChI is InChI=1S/C10H16O3/c1-4-8(7(2)9(11)12)10(3)5-13-6-10/h8H,2,4-6H2,1,3H3,(H,11,12). The molecule has 1 N–H and O–H groups in total. The third-order valence-electron chi connectivity index (χ3n) is 2.81. The van der Waals surface area contributed by atoms with Crippen molar-refractivity contribution in [2.75, 3.05) is 13.2 Å². The fourth-order valence-electron chi connectivity index (χ4n) is 1.93. The van der Waals surface area contributed by atoms with Crippen LogP contribution in [0.25, 0.3) is 0 Å². The molecule has 0 aromatic carbocycles. The zero-order chi connectivity index (χ0) is 10.1. The molecule has 1 aliphatic heterocycles. The number of hydrogen-bond donors (Lipinski definition) is 1. The van der Waals surface area contributed by atoms with Gasteiger partial charge in [-0.15, -0.1) is 0 Å². The van der Waals surface area contributed by atoms with Gasteiger partial charge < -0.3 is 9.84 Å². The van der Waals surface area contributed by atoms with E-state index in [1.807, 2.05) is 6.92 Å². The third-order valence-corrected chi connectivity index (χ3v) is 2.81. The molecule has 1 heterocycles. The third kappa shape index (κ3) is 1.75. The average molecular weight is 184 g/mol. The molecular formula is C10H16O3. The summed E-state index contributed by atoms with van der Waals surface area (Å²) in [5.74, 6) is -0.848. The van der Waals surface area contributed by atoms with E-state index in [-0.39, 0.29) is 11.3 Å². The molecule has 74 valence electrons. The van der Waals surface area contributed by atoms with Crippen molar-refractivity contribution < 1.29 is 14.6 Å². The predicted molar refractivity (Wildman–Crippen MR) is 49.5 cm³/mol. The Balaban J connectivity index is 2.72. The van der Waals surface area contributed by atoms with Gasteiger partial charge in [-0.1, -0.05) is 20.4 Å². The maximum atomic E-state index is 10.7. The van der Waals surface area contributed by atoms with Crippen LogP contribution in [0, 0.1) is 11.3 Å². The molecule has 0 saturated carbocycles. The number of aliphatic carboxylic acids is 1. The Kier molecular flexibility index (Phi) is 2.76. The number of rotatable bonds is 4. The second-order valence-corrected chi connectivity index (χ2v) is 3.94. The Morgan fingerprint density at radius 2 is 2.23 bits per heavy atom. The van der Waals surface area contributed by atoms with E-state index in [1.165, 1.54) is 0 Å². The highest BCUT2D eigenvalue weighted by molar-refractivity contribution is 5.86. The van der Waals surface area contributed by atoms with Gasteiger partial charge in [-0.3, -0.25) is 0 Å². The van der Waals surface area contributed by atoms with E-state index in [9.17, 15) is 4.79 Å². The normalized spacial score (nSPS) is 21.7. The summed E-state index contributed by atoms with van der Waals surface area (Å²) in [5, 5.41) is 8.83. The quantitative estimate of drug-likeness (QED) is 0.676. The lowest BCUT2D eigenvalue weighted by Crippen LogP contribution is -2.47. The molecule has 0 amide bonds. The number of hydrogen-bond acceptors (Lipinski definition) is 2. The van der Waals surface area contributed by atoms with Crippen molar-refractivity contribution in [2.24, 2.45) is 11.3 Å². The van der Waals surface area contributed by atoms with Gasteiger partial charge in [-0.2, -0.15) is 0 Å². The Hall–Kier alpha value is -0.830. The molecule has 0 aliphatic carbocycles. The van der Waals surface area contributed by atoms with Crippen LogP contribution in [0.1, 0.15) is 20.3 Å². The first kappa shape index (κ1) is 10.3. The summed E-state index contributed by atoms with van der Waals surface area (Å²) in [4.78, 5) is 10.7. The fourth-order valence-corrected chi connectivity index (χ4v) is 1.93. The van der Waals surface area contributed by atoms with Crippen LogP contribution in [0.5, 0.6) is 0 Å². The zero-order valence-electron chi connectivity index (χ0n) is 8.17. The van der Waals surface area contributed by atoms with Crippen molar-refractivity contribution in [2.45, 2.75) is 20.3 Å². The lowest BCUT2D eigenvalue weighted by Gasteiger charge is -2.44. The molecule has 1 fully saturated rings. The van der Waals surface area contributed by atoms with E-state index in [2.05, 4.69) is 13.5 Å². The summed E-state index contributed by atoms with van der Waals surface area (Å²) in [6.07, 6.45) is 0.811. The Morgan fingerprint density at radius 1 is 1.69 bits per heavy atom. The van der Waals surface area contributed by atoms with Gasteiger partial charge in [0, 0.05) is 11.0 Å². The highest BCUT2D eigenvalue weighted by Gasteiger charge is 2.42. The van der Waals surface area contributed by atoms with Crippen LogP contribution >= 0.6 is 0 Å². The molecule has 0 bridgehead atoms. The van der Waals surface area contributed by atoms with E-state index in [0.29, 0.717) is 18.8 Å². The fraction of sp³-hybridized carbons (Fsp3) is 0.700. The largest absolute Gasteiger partial charge is 0.478 e. The molecule has 1 saturated heterocycles. The van der Waals surface area contributed by atoms with Gasteiger partial charge in [0.1, 0.15) is 0 Å². The van der Waals surface area contributed by atoms with Crippen LogP contribution in [0.2, 0.25) is 0 Å². The summed E-state index contributed by atoms with van der Waals surface area (Å²) in [6.45, 7) is 8.96. The van der Waals surface area contributed by atoms with Gasteiger partial charge in [0.05, 0.1) is 13.2 Å². The van der Waals surface area contributed by atoms with Crippen molar-refractivity contribution in [3.63, 3.8) is 0 Å². The molecule has 1 atom stereocenters. The van der Waals surface area contributed by atoms with Crippen LogP contribution in [0.15, 0.2) is 12.2 Å². The van der Waals surface area contributed by atoms with Crippen LogP contribution in [-0.2, 0) is 9.53 Å². The van der Waals surface area contributed by atoms with Crippen molar-refractivity contribution in [3.8, 4) is 0 Å². The summed E-state index contributed by atoms with van der Waals surface area (Å²) < 4.78 is 5.12. The minimum Gasteiger partial charge on any atom is -0.478 e. The van der Waals surface area contributed by atoms with E-state index in [0.717, 1.165) is 6.42 Å². The Bertz CT molecular complexity index is 228. The lowest BCUT2D eigenvalue weighted by atomic mass is 9.71. The number of ether oxygens (including phenoxy) is 1. The maximum absolute atomic E-state index is 10.7. The predicted octanol–water partition coefficient (Wildman–Crippen LogP) is 1.69. The van der Waals surface area contributed by atoms with Crippen LogP contribution in [0.4, 0.5) is 0 Å². The second kappa shape index (κ2) is 3.50. The van der Waals surface area contributed by atoms with Crippen LogP contribution < -0.4 is 0 Å². The molecule has 0 aromatic rings. The summed E-state index contributed by atoms with van der Waals surface area (Å²) >= 11 is 0. The molecule has 0 aromatic heterocycles. The van der Waals surface area contributed by atoms with E-state index >= 15 is 0 Å². The first-order chi connectivity index (χ1) is 6.01. The Morgan fingerprint density at radius 3 is 2.46 bits per heavy atom. The molecule has 0 spiro atoms. The molecule has 13 heavy (non-hydrogen) atoms. The molecule has 1 unspecified atom stereocenters. The van der Waals surface area contributed by atoms with Gasteiger partial charge in [0.15, 0.2) is 0 Å². The second-order valence-electron chi connectivity index (χ2n) is 3.94. The smallest absolute Gasteiger partial charge is 0.331 e. The van der Waals surface area contributed by atoms with Gasteiger partial charge in [0.2, 0.25) is 0 Å². The SMILES string of the molecule is C=C(C(=O)O)C(CC)C1(C)COC1. The average Bonchev–Trinajstić information content (AvgIpc) is 2.02. The highest BCUT2D eigenvalue weighted by Crippen LogP contribution is 2.40. The highest BCUT2D eigenvalue weighted by atomic mass is 16.5. The van der Waals surface area contributed by atoms with Gasteiger partial charge in [0.25, 0.3) is 0 Å². The minimum absolute atomic E-state index is 0.00970. The molecule has 1 rings (SSSR count). The maximum Gasteiger partial charge on any atom is 0.331 e. The summed E-state index contributed by atoms with van der Waals surface area (Å²) in [6, 6.07) is 0. The topological polar surface area (TPSA) is 46.5 Å². The van der Waals surface area contributed by atoms with E-state index in [1.54, 1.807) is 0 Å². The van der Waals surface area contributed by atoms with Crippen molar-refractivity contribution >= 4 is 5.97 Å². The summed E-state index contributed by atoms with van der Waals surface area (Å²) in [7, 11) is 0. The number of carboxylic acids is 1. The van der Waals surface area contributed by atoms with Crippen LogP contribution in [0.3, 0.4) is 0 Å². The lowest BCUT2D eigenvalue weighted by molar-refractivity contribution is -0.142. The first-order valence-electron chi connectivity index (χ1n) is 4.51. The van der Waals surface area contributed by atoms with Gasteiger partial charge >= 0.3 is 5.97 Å². The van der Waals surface area contributed by atoms with E-state index in [4.69, 9.17) is 9.84 Å². The molecule has 0 radical (unpaired) electrons. The molecule has 3 nitrogen and oxygen atoms in total.